The van der Waals surface area contributed by atoms with E-state index in [1.54, 1.807) is 42.8 Å². The topological polar surface area (TPSA) is 95.3 Å². The summed E-state index contributed by atoms with van der Waals surface area (Å²) in [6.07, 6.45) is 0. The Labute approximate surface area is 225 Å². The van der Waals surface area contributed by atoms with Crippen molar-refractivity contribution in [3.63, 3.8) is 0 Å². The van der Waals surface area contributed by atoms with Crippen molar-refractivity contribution in [2.45, 2.75) is 18.6 Å². The maximum Gasteiger partial charge on any atom is 0.341 e. The number of carbonyl (C=O) groups excluding carboxylic acids is 2. The zero-order valence-electron chi connectivity index (χ0n) is 20.1. The van der Waals surface area contributed by atoms with E-state index in [9.17, 15) is 14.0 Å². The molecule has 0 bridgehead atoms. The first-order chi connectivity index (χ1) is 17.9. The maximum atomic E-state index is 13.4. The molecule has 0 saturated carbocycles. The van der Waals surface area contributed by atoms with Crippen LogP contribution in [0.2, 0.25) is 5.02 Å². The number of hydrogen-bond acceptors (Lipinski definition) is 8. The van der Waals surface area contributed by atoms with E-state index in [4.69, 9.17) is 21.1 Å². The second-order valence-electron chi connectivity index (χ2n) is 7.58. The Hall–Kier alpha value is -3.41. The lowest BCUT2D eigenvalue weighted by atomic mass is 10.0. The Bertz CT molecular complexity index is 1440. The van der Waals surface area contributed by atoms with Crippen molar-refractivity contribution in [3.05, 3.63) is 64.2 Å². The summed E-state index contributed by atoms with van der Waals surface area (Å²) in [6.45, 7) is 2.50. The van der Waals surface area contributed by atoms with Gasteiger partial charge in [-0.05, 0) is 42.8 Å². The molecule has 0 fully saturated rings. The minimum Gasteiger partial charge on any atom is -0.496 e. The van der Waals surface area contributed by atoms with Gasteiger partial charge in [0.1, 0.15) is 22.1 Å². The number of halogens is 2. The van der Waals surface area contributed by atoms with Crippen molar-refractivity contribution in [2.24, 2.45) is 0 Å². The summed E-state index contributed by atoms with van der Waals surface area (Å²) in [4.78, 5) is 25.4. The van der Waals surface area contributed by atoms with Crippen LogP contribution in [-0.2, 0) is 16.1 Å². The van der Waals surface area contributed by atoms with Crippen LogP contribution in [0.5, 0.6) is 5.75 Å². The van der Waals surface area contributed by atoms with Gasteiger partial charge in [-0.3, -0.25) is 4.79 Å². The largest absolute Gasteiger partial charge is 0.496 e. The van der Waals surface area contributed by atoms with Gasteiger partial charge in [0.25, 0.3) is 0 Å². The number of amides is 1. The number of aromatic nitrogens is 3. The van der Waals surface area contributed by atoms with E-state index in [-0.39, 0.29) is 23.0 Å². The maximum absolute atomic E-state index is 13.4. The first-order valence-corrected chi connectivity index (χ1v) is 13.3. The quantitative estimate of drug-likeness (QED) is 0.198. The predicted molar refractivity (Wildman–Crippen MR) is 143 cm³/mol. The molecule has 0 aliphatic carbocycles. The molecule has 0 spiro atoms. The molecule has 0 radical (unpaired) electrons. The highest BCUT2D eigenvalue weighted by molar-refractivity contribution is 7.99. The molecule has 0 saturated heterocycles. The molecule has 37 heavy (non-hydrogen) atoms. The van der Waals surface area contributed by atoms with Crippen LogP contribution in [0.4, 0.5) is 9.39 Å². The number of nitrogens with one attached hydrogen (secondary N) is 1. The first kappa shape index (κ1) is 26.6. The molecule has 0 atom stereocenters. The summed E-state index contributed by atoms with van der Waals surface area (Å²) in [6, 6.07) is 11.0. The van der Waals surface area contributed by atoms with Gasteiger partial charge in [-0.1, -0.05) is 35.5 Å². The Balaban J connectivity index is 1.53. The first-order valence-electron chi connectivity index (χ1n) is 11.0. The number of carbonyl (C=O) groups is 2. The number of hydrogen-bond donors (Lipinski definition) is 1. The van der Waals surface area contributed by atoms with Crippen LogP contribution in [0, 0.1) is 5.82 Å². The highest BCUT2D eigenvalue weighted by atomic mass is 35.5. The number of methoxy groups -OCH3 is 2. The van der Waals surface area contributed by atoms with E-state index in [0.29, 0.717) is 50.0 Å². The second-order valence-corrected chi connectivity index (χ2v) is 9.84. The second kappa shape index (κ2) is 11.8. The SMILES string of the molecule is CCn1c(SCC(=O)Nc2scc(-c3ccc(F)cc3)c2C(=O)OC)nnc1-c1cc(Cl)ccc1OC. The smallest absolute Gasteiger partial charge is 0.341 e. The zero-order chi connectivity index (χ0) is 26.5. The molecule has 1 N–H and O–H groups in total. The number of ether oxygens (including phenoxy) is 2. The van der Waals surface area contributed by atoms with Crippen LogP contribution in [0.25, 0.3) is 22.5 Å². The van der Waals surface area contributed by atoms with Crippen molar-refractivity contribution in [1.82, 2.24) is 14.8 Å². The molecule has 0 aliphatic rings. The molecular weight excluding hydrogens is 539 g/mol. The predicted octanol–water partition coefficient (Wildman–Crippen LogP) is 6.01. The summed E-state index contributed by atoms with van der Waals surface area (Å²) < 4.78 is 25.6. The number of thiophene rings is 1. The van der Waals surface area contributed by atoms with Gasteiger partial charge in [-0.15, -0.1) is 21.5 Å². The average Bonchev–Trinajstić information content (AvgIpc) is 3.51. The monoisotopic (exact) mass is 560 g/mol. The van der Waals surface area contributed by atoms with Crippen molar-refractivity contribution in [1.29, 1.82) is 0 Å². The molecule has 2 aromatic carbocycles. The summed E-state index contributed by atoms with van der Waals surface area (Å²) in [7, 11) is 2.83. The number of esters is 1. The van der Waals surface area contributed by atoms with Gasteiger partial charge < -0.3 is 19.4 Å². The average molecular weight is 561 g/mol. The van der Waals surface area contributed by atoms with Crippen molar-refractivity contribution in [2.75, 3.05) is 25.3 Å². The highest BCUT2D eigenvalue weighted by Gasteiger charge is 2.23. The van der Waals surface area contributed by atoms with Crippen molar-refractivity contribution >= 4 is 51.6 Å². The van der Waals surface area contributed by atoms with E-state index in [1.807, 2.05) is 11.5 Å². The lowest BCUT2D eigenvalue weighted by Crippen LogP contribution is -2.16. The van der Waals surface area contributed by atoms with E-state index in [1.165, 1.54) is 42.3 Å². The van der Waals surface area contributed by atoms with Gasteiger partial charge >= 0.3 is 5.97 Å². The third-order valence-electron chi connectivity index (χ3n) is 5.36. The molecule has 8 nitrogen and oxygen atoms in total. The number of anilines is 1. The van der Waals surface area contributed by atoms with E-state index < -0.39 is 5.97 Å². The fourth-order valence-electron chi connectivity index (χ4n) is 3.62. The summed E-state index contributed by atoms with van der Waals surface area (Å²) >= 11 is 8.57. The van der Waals surface area contributed by atoms with Crippen LogP contribution < -0.4 is 10.1 Å². The Morgan fingerprint density at radius 1 is 1.14 bits per heavy atom. The van der Waals surface area contributed by atoms with Crippen LogP contribution in [0.3, 0.4) is 0 Å². The van der Waals surface area contributed by atoms with E-state index in [2.05, 4.69) is 15.5 Å². The lowest BCUT2D eigenvalue weighted by molar-refractivity contribution is -0.113. The number of rotatable bonds is 9. The third kappa shape index (κ3) is 5.79. The van der Waals surface area contributed by atoms with Crippen LogP contribution in [0.15, 0.2) is 53.0 Å². The molecule has 192 valence electrons. The van der Waals surface area contributed by atoms with Gasteiger partial charge in [-0.2, -0.15) is 0 Å². The van der Waals surface area contributed by atoms with Crippen LogP contribution >= 0.6 is 34.7 Å². The minimum atomic E-state index is -0.602. The number of nitrogens with zero attached hydrogens (tertiary/aromatic N) is 3. The van der Waals surface area contributed by atoms with E-state index >= 15 is 0 Å². The zero-order valence-corrected chi connectivity index (χ0v) is 22.5. The highest BCUT2D eigenvalue weighted by Crippen LogP contribution is 2.37. The normalized spacial score (nSPS) is 10.8. The Kier molecular flexibility index (Phi) is 8.47. The fraction of sp³-hybridized carbons (Fsp3) is 0.200. The molecule has 12 heteroatoms. The molecule has 1 amide bonds. The van der Waals surface area contributed by atoms with Crippen molar-refractivity contribution in [3.8, 4) is 28.3 Å². The summed E-state index contributed by atoms with van der Waals surface area (Å²) in [5.74, 6) is -0.133. The van der Waals surface area contributed by atoms with Gasteiger partial charge in [0.2, 0.25) is 5.91 Å². The minimum absolute atomic E-state index is 0.0230. The van der Waals surface area contributed by atoms with E-state index in [0.717, 1.165) is 0 Å². The van der Waals surface area contributed by atoms with Crippen LogP contribution in [-0.4, -0.2) is 46.6 Å². The number of benzene rings is 2. The molecule has 4 aromatic rings. The van der Waals surface area contributed by atoms with Gasteiger partial charge in [0, 0.05) is 22.5 Å². The van der Waals surface area contributed by atoms with Gasteiger partial charge in [0.15, 0.2) is 11.0 Å². The van der Waals surface area contributed by atoms with Crippen molar-refractivity contribution < 1.29 is 23.5 Å². The van der Waals surface area contributed by atoms with Gasteiger partial charge in [-0.25, -0.2) is 9.18 Å². The number of thioether (sulfide) groups is 1. The third-order valence-corrected chi connectivity index (χ3v) is 7.45. The Morgan fingerprint density at radius 3 is 2.57 bits per heavy atom. The molecule has 4 rings (SSSR count). The summed E-state index contributed by atoms with van der Waals surface area (Å²) in [5.41, 5.74) is 2.08. The standard InChI is InChI=1S/C25H22ClFN4O4S2/c1-4-31-22(17-11-15(26)7-10-19(17)34-2)29-30-25(31)37-13-20(32)28-23-21(24(33)35-3)18(12-36-23)14-5-8-16(27)9-6-14/h5-12H,4,13H2,1-3H3,(H,28,32). The Morgan fingerprint density at radius 2 is 1.89 bits per heavy atom. The van der Waals surface area contributed by atoms with Crippen LogP contribution in [0.1, 0.15) is 17.3 Å². The summed E-state index contributed by atoms with van der Waals surface area (Å²) in [5, 5.41) is 14.5. The molecule has 2 heterocycles. The lowest BCUT2D eigenvalue weighted by Gasteiger charge is -2.11. The molecule has 2 aromatic heterocycles. The molecule has 0 aliphatic heterocycles. The molecule has 0 unspecified atom stereocenters. The molecular formula is C25H22ClFN4O4S2. The van der Waals surface area contributed by atoms with Gasteiger partial charge in [0.05, 0.1) is 25.5 Å². The fourth-order valence-corrected chi connectivity index (χ4v) is 5.57.